The van der Waals surface area contributed by atoms with Crippen molar-refractivity contribution in [1.29, 1.82) is 0 Å². The Labute approximate surface area is 552 Å². The maximum atomic E-state index is 14.6. The van der Waals surface area contributed by atoms with Crippen molar-refractivity contribution in [3.8, 4) is 16.2 Å². The first-order valence-corrected chi connectivity index (χ1v) is 32.5. The lowest BCUT2D eigenvalue weighted by Gasteiger charge is -2.35. The minimum Gasteiger partial charge on any atom is -0.491 e. The van der Waals surface area contributed by atoms with Crippen molar-refractivity contribution in [2.45, 2.75) is 116 Å². The van der Waals surface area contributed by atoms with Crippen LogP contribution in [0, 0.1) is 28.3 Å². The third-order valence-electron chi connectivity index (χ3n) is 16.1. The van der Waals surface area contributed by atoms with Gasteiger partial charge in [0.1, 0.15) is 67.7 Å². The van der Waals surface area contributed by atoms with E-state index in [1.807, 2.05) is 43.5 Å². The van der Waals surface area contributed by atoms with Gasteiger partial charge in [-0.15, -0.1) is 21.4 Å². The highest BCUT2D eigenvalue weighted by molar-refractivity contribution is 7.13. The molecule has 6 heterocycles. The number of likely N-dealkylation sites (N-methyl/N-ethyl adjacent to an activating group) is 1. The van der Waals surface area contributed by atoms with Crippen molar-refractivity contribution < 1.29 is 57.0 Å². The maximum absolute atomic E-state index is 14.6. The lowest BCUT2D eigenvalue weighted by atomic mass is 9.85. The Bertz CT molecular complexity index is 3670. The van der Waals surface area contributed by atoms with Crippen molar-refractivity contribution in [3.05, 3.63) is 123 Å². The summed E-state index contributed by atoms with van der Waals surface area (Å²) in [6.07, 6.45) is 11.1. The van der Waals surface area contributed by atoms with Crippen LogP contribution in [0.5, 0.6) is 5.75 Å². The van der Waals surface area contributed by atoms with Gasteiger partial charge in [0.15, 0.2) is 0 Å². The number of nitro groups is 1. The van der Waals surface area contributed by atoms with Crippen LogP contribution < -0.4 is 26.0 Å². The number of unbranched alkanes of at least 4 members (excludes halogenated alkanes) is 2. The number of benzene rings is 3. The number of halogens is 2. The van der Waals surface area contributed by atoms with Gasteiger partial charge in [-0.1, -0.05) is 74.3 Å². The van der Waals surface area contributed by atoms with E-state index in [-0.39, 0.29) is 69.4 Å². The molecule has 0 aliphatic carbocycles. The van der Waals surface area contributed by atoms with Crippen LogP contribution in [0.2, 0.25) is 5.02 Å². The summed E-state index contributed by atoms with van der Waals surface area (Å²) in [6, 6.07) is 12.6. The molecule has 2 saturated heterocycles. The number of ether oxygens (including phenoxy) is 5. The van der Waals surface area contributed by atoms with Gasteiger partial charge in [-0.3, -0.25) is 29.0 Å². The molecule has 0 spiro atoms. The van der Waals surface area contributed by atoms with Crippen molar-refractivity contribution in [2.75, 3.05) is 90.0 Å². The summed E-state index contributed by atoms with van der Waals surface area (Å²) in [5, 5.41) is 32.3. The quantitative estimate of drug-likeness (QED) is 0.0109. The number of nitrogens with one attached hydrogen (secondary N) is 4. The molecule has 4 N–H and O–H groups in total. The summed E-state index contributed by atoms with van der Waals surface area (Å²) in [5.41, 5.74) is 5.97. The van der Waals surface area contributed by atoms with Crippen LogP contribution in [0.25, 0.3) is 21.3 Å². The summed E-state index contributed by atoms with van der Waals surface area (Å²) < 4.78 is 44.3. The molecule has 1 unspecified atom stereocenters. The number of carbonyl (C=O) groups excluding carboxylic acids is 5. The molecule has 3 aromatic heterocycles. The van der Waals surface area contributed by atoms with Gasteiger partial charge in [-0.25, -0.2) is 28.8 Å². The predicted molar refractivity (Wildman–Crippen MR) is 350 cm³/mol. The van der Waals surface area contributed by atoms with Crippen molar-refractivity contribution >= 4 is 86.8 Å². The van der Waals surface area contributed by atoms with E-state index in [2.05, 4.69) is 56.4 Å². The Balaban J connectivity index is 0.702. The van der Waals surface area contributed by atoms with Gasteiger partial charge in [0, 0.05) is 48.9 Å². The number of carbonyl (C=O) groups is 5. The number of aromatic nitrogens is 6. The molecule has 30 heteroatoms. The Kier molecular flexibility index (Phi) is 24.7. The molecule has 3 aromatic carbocycles. The van der Waals surface area contributed by atoms with E-state index in [1.165, 1.54) is 59.1 Å². The van der Waals surface area contributed by atoms with Crippen LogP contribution in [0.3, 0.4) is 0 Å². The summed E-state index contributed by atoms with van der Waals surface area (Å²) >= 11 is 7.58. The highest BCUT2D eigenvalue weighted by Gasteiger charge is 2.46. The number of guanidine groups is 1. The number of hydrogen-bond acceptors (Lipinski definition) is 22. The van der Waals surface area contributed by atoms with Crippen molar-refractivity contribution in [1.82, 2.24) is 55.3 Å². The zero-order valence-corrected chi connectivity index (χ0v) is 54.8. The van der Waals surface area contributed by atoms with Gasteiger partial charge in [0.05, 0.1) is 84.6 Å². The number of anilines is 3. The normalized spacial score (nSPS) is 17.1. The van der Waals surface area contributed by atoms with E-state index in [0.717, 1.165) is 66.2 Å². The van der Waals surface area contributed by atoms with E-state index in [4.69, 9.17) is 35.3 Å². The van der Waals surface area contributed by atoms with E-state index in [1.54, 1.807) is 49.2 Å². The van der Waals surface area contributed by atoms with Crippen LogP contribution in [-0.2, 0) is 57.6 Å². The lowest BCUT2D eigenvalue weighted by Crippen LogP contribution is -2.58. The van der Waals surface area contributed by atoms with E-state index < -0.39 is 64.3 Å². The van der Waals surface area contributed by atoms with Crippen LogP contribution in [-0.4, -0.2) is 189 Å². The monoisotopic (exact) mass is 1340 g/mol. The van der Waals surface area contributed by atoms with Crippen LogP contribution >= 0.6 is 22.9 Å². The smallest absolute Gasteiger partial charge is 0.491 e. The number of fused-ring (bicyclic) bond motifs is 1. The van der Waals surface area contributed by atoms with E-state index in [0.29, 0.717) is 73.0 Å². The van der Waals surface area contributed by atoms with Crippen molar-refractivity contribution in [3.63, 3.8) is 0 Å². The van der Waals surface area contributed by atoms with Gasteiger partial charge in [-0.2, -0.15) is 0 Å². The second-order valence-electron chi connectivity index (χ2n) is 24.1. The average Bonchev–Trinajstić information content (AvgIpc) is 0.974. The number of aliphatic imine (C=N–C) groups is 1. The highest BCUT2D eigenvalue weighted by atomic mass is 35.5. The molecule has 94 heavy (non-hydrogen) atoms. The standard InChI is InChI=1S/C64H79ClFN15O12S/c1-41-57(94-40-71-41)43-17-15-42(16-18-43)33-67-60(84)53-30-47(93-63(86)92-37-46-34-68-62(77(46)5)81(87)88)36-80(53)61(85)58(64(2,3)4)74-56(83)38-90-28-27-89-26-24-79-35-45(75-76-79)13-8-6-11-25-91-54-32-51-48(59(70-39-69-51)72-44-19-20-50(66)49(65)29-44)31-52(54)73-55(82)14-12-23-78-21-9-7-10-22-78/h12,14-20,29,31-32,35,39-40,46-47,53,58H,6-11,13,21-28,30,33-34,36-38H2,1-5H3,(H,67,84)(H,73,82)(H,74,83)(H,69,70,72)/b14-12+/t46?,47-,53+,58-/m1/s1. The fraction of sp³-hybridized carbons (Fsp3) is 0.484. The largest absolute Gasteiger partial charge is 0.508 e. The van der Waals surface area contributed by atoms with Gasteiger partial charge >= 0.3 is 12.1 Å². The molecule has 502 valence electrons. The minimum absolute atomic E-state index is 0.0391. The summed E-state index contributed by atoms with van der Waals surface area (Å²) in [6.45, 7) is 10.6. The molecule has 27 nitrogen and oxygen atoms in total. The first-order chi connectivity index (χ1) is 45.3. The molecule has 9 rings (SSSR count). The Morgan fingerprint density at radius 3 is 2.50 bits per heavy atom. The molecule has 4 atom stereocenters. The Hall–Kier alpha value is -8.77. The molecule has 3 aliphatic heterocycles. The summed E-state index contributed by atoms with van der Waals surface area (Å²) in [4.78, 5) is 102. The number of piperidine rings is 1. The number of aryl methyl sites for hydroxylation is 2. The number of hydrogen-bond donors (Lipinski definition) is 4. The van der Waals surface area contributed by atoms with Crippen LogP contribution in [0.1, 0.15) is 82.7 Å². The van der Waals surface area contributed by atoms with Gasteiger partial charge in [0.25, 0.3) is 0 Å². The topological polar surface area (TPSA) is 314 Å². The number of thiazole rings is 1. The molecule has 0 radical (unpaired) electrons. The van der Waals surface area contributed by atoms with E-state index in [9.17, 15) is 38.5 Å². The van der Waals surface area contributed by atoms with Crippen molar-refractivity contribution in [2.24, 2.45) is 10.4 Å². The Morgan fingerprint density at radius 2 is 1.76 bits per heavy atom. The number of nitrogens with zero attached hydrogens (tertiary/aromatic N) is 11. The zero-order valence-electron chi connectivity index (χ0n) is 53.2. The molecule has 4 amide bonds. The molecule has 0 saturated carbocycles. The third kappa shape index (κ3) is 19.7. The van der Waals surface area contributed by atoms with Gasteiger partial charge < -0.3 is 60.0 Å². The number of rotatable bonds is 30. The zero-order chi connectivity index (χ0) is 66.7. The number of amides is 4. The Morgan fingerprint density at radius 1 is 0.957 bits per heavy atom. The lowest BCUT2D eigenvalue weighted by molar-refractivity contribution is -0.362. The third-order valence-corrected chi connectivity index (χ3v) is 17.3. The maximum Gasteiger partial charge on any atom is 0.508 e. The first-order valence-electron chi connectivity index (χ1n) is 31.3. The molecular formula is C64H79ClFN15O12S. The highest BCUT2D eigenvalue weighted by Crippen LogP contribution is 2.35. The van der Waals surface area contributed by atoms with Gasteiger partial charge in [0.2, 0.25) is 23.6 Å². The fourth-order valence-corrected chi connectivity index (χ4v) is 11.9. The molecule has 3 aliphatic rings. The number of likely N-dealkylation sites (tertiary alicyclic amines) is 2. The molecule has 2 fully saturated rings. The second-order valence-corrected chi connectivity index (χ2v) is 25.4. The molecule has 0 bridgehead atoms. The fourth-order valence-electron chi connectivity index (χ4n) is 10.9. The van der Waals surface area contributed by atoms with Crippen LogP contribution in [0.4, 0.5) is 26.4 Å². The summed E-state index contributed by atoms with van der Waals surface area (Å²) in [7, 11) is 1.47. The average molecular weight is 1340 g/mol. The summed E-state index contributed by atoms with van der Waals surface area (Å²) in [5.74, 6) is -1.98. The van der Waals surface area contributed by atoms with Gasteiger partial charge in [-0.05, 0) is 104 Å². The minimum atomic E-state index is -1.13. The van der Waals surface area contributed by atoms with E-state index >= 15 is 0 Å². The molecular weight excluding hydrogens is 1260 g/mol. The molecule has 6 aromatic rings. The second kappa shape index (κ2) is 33.4. The van der Waals surface area contributed by atoms with Crippen LogP contribution in [0.15, 0.2) is 89.8 Å². The SMILES string of the molecule is Cc1ncsc1-c1ccc(CNC(=O)[C@@H]2C[C@@H](OC(=O)OCC3CN=C([N+](=O)[O-])N3C)CN2C(=O)[C@@H](NC(=O)COCCOCCn2cc(CCCCCOc3cc4ncnc(Nc5ccc(F)c(Cl)c5)c4cc3NC(=O)/C=C/CN3CCCCC3)nn2)C(C)(C)C)cc1. The predicted octanol–water partition coefficient (Wildman–Crippen LogP) is 7.91. The first kappa shape index (κ1) is 69.6.